The van der Waals surface area contributed by atoms with Crippen LogP contribution in [0.15, 0.2) is 0 Å². The van der Waals surface area contributed by atoms with Gasteiger partial charge in [0.15, 0.2) is 0 Å². The summed E-state index contributed by atoms with van der Waals surface area (Å²) < 4.78 is 0. The highest BCUT2D eigenvalue weighted by Gasteiger charge is 2.41. The van der Waals surface area contributed by atoms with Gasteiger partial charge in [0.05, 0.1) is 0 Å². The SMILES string of the molecule is CCCCCCC1CCCC1C1(C)CCCCC1. The van der Waals surface area contributed by atoms with Crippen LogP contribution in [-0.4, -0.2) is 0 Å². The van der Waals surface area contributed by atoms with Crippen molar-refractivity contribution in [3.8, 4) is 0 Å². The van der Waals surface area contributed by atoms with E-state index in [1.807, 2.05) is 0 Å². The number of hydrogen-bond donors (Lipinski definition) is 0. The molecule has 0 saturated heterocycles. The lowest BCUT2D eigenvalue weighted by atomic mass is 9.63. The van der Waals surface area contributed by atoms with Gasteiger partial charge in [-0.25, -0.2) is 0 Å². The Kier molecular flexibility index (Phi) is 5.57. The highest BCUT2D eigenvalue weighted by molar-refractivity contribution is 4.92. The van der Waals surface area contributed by atoms with Crippen molar-refractivity contribution in [1.82, 2.24) is 0 Å². The molecule has 2 fully saturated rings. The molecule has 0 aromatic heterocycles. The second-order valence-electron chi connectivity index (χ2n) is 7.36. The van der Waals surface area contributed by atoms with E-state index in [1.54, 1.807) is 19.3 Å². The van der Waals surface area contributed by atoms with Crippen LogP contribution in [0.4, 0.5) is 0 Å². The molecule has 0 nitrogen and oxygen atoms in total. The lowest BCUT2D eigenvalue weighted by Gasteiger charge is -2.42. The summed E-state index contributed by atoms with van der Waals surface area (Å²) in [4.78, 5) is 0. The molecule has 2 aliphatic carbocycles. The Bertz CT molecular complexity index is 224. The van der Waals surface area contributed by atoms with Crippen LogP contribution in [0.2, 0.25) is 0 Å². The first-order valence-electron chi connectivity index (χ1n) is 8.76. The maximum absolute atomic E-state index is 2.63. The summed E-state index contributed by atoms with van der Waals surface area (Å²) >= 11 is 0. The van der Waals surface area contributed by atoms with Crippen molar-refractivity contribution in [2.24, 2.45) is 17.3 Å². The maximum atomic E-state index is 2.63. The summed E-state index contributed by atoms with van der Waals surface area (Å²) in [5, 5.41) is 0. The van der Waals surface area contributed by atoms with E-state index in [9.17, 15) is 0 Å². The third-order valence-corrected chi connectivity index (χ3v) is 5.98. The smallest absolute Gasteiger partial charge is 0.0295 e. The van der Waals surface area contributed by atoms with Gasteiger partial charge in [-0.3, -0.25) is 0 Å². The standard InChI is InChI=1S/C18H34/c1-3-4-5-7-11-16-12-10-13-17(16)18(2)14-8-6-9-15-18/h16-17H,3-15H2,1-2H3. The van der Waals surface area contributed by atoms with Crippen LogP contribution in [0, 0.1) is 17.3 Å². The maximum Gasteiger partial charge on any atom is -0.0295 e. The first-order chi connectivity index (χ1) is 8.76. The lowest BCUT2D eigenvalue weighted by Crippen LogP contribution is -2.32. The van der Waals surface area contributed by atoms with E-state index < -0.39 is 0 Å². The van der Waals surface area contributed by atoms with Crippen molar-refractivity contribution in [2.75, 3.05) is 0 Å². The summed E-state index contributed by atoms with van der Waals surface area (Å²) in [5.41, 5.74) is 0.726. The second kappa shape index (κ2) is 6.96. The summed E-state index contributed by atoms with van der Waals surface area (Å²) in [5.74, 6) is 2.17. The molecule has 2 unspecified atom stereocenters. The zero-order chi connectivity index (χ0) is 12.8. The molecule has 0 aromatic carbocycles. The molecule has 0 aliphatic heterocycles. The van der Waals surface area contributed by atoms with E-state index in [-0.39, 0.29) is 0 Å². The van der Waals surface area contributed by atoms with Crippen molar-refractivity contribution >= 4 is 0 Å². The third kappa shape index (κ3) is 3.52. The monoisotopic (exact) mass is 250 g/mol. The molecular formula is C18H34. The minimum absolute atomic E-state index is 0.726. The van der Waals surface area contributed by atoms with Crippen LogP contribution >= 0.6 is 0 Å². The summed E-state index contributed by atoms with van der Waals surface area (Å²) in [6.45, 7) is 4.95. The van der Waals surface area contributed by atoms with Crippen molar-refractivity contribution in [3.05, 3.63) is 0 Å². The number of rotatable bonds is 6. The Morgan fingerprint density at radius 1 is 0.889 bits per heavy atom. The molecule has 0 heteroatoms. The first-order valence-corrected chi connectivity index (χ1v) is 8.76. The van der Waals surface area contributed by atoms with Crippen molar-refractivity contribution < 1.29 is 0 Å². The first kappa shape index (κ1) is 14.4. The minimum Gasteiger partial charge on any atom is -0.0654 e. The normalized spacial score (nSPS) is 31.7. The van der Waals surface area contributed by atoms with Gasteiger partial charge < -0.3 is 0 Å². The van der Waals surface area contributed by atoms with Crippen LogP contribution in [0.1, 0.15) is 97.3 Å². The van der Waals surface area contributed by atoms with E-state index in [4.69, 9.17) is 0 Å². The fourth-order valence-electron chi connectivity index (χ4n) is 4.86. The van der Waals surface area contributed by atoms with E-state index in [2.05, 4.69) is 13.8 Å². The molecule has 0 N–H and O–H groups in total. The van der Waals surface area contributed by atoms with E-state index in [0.717, 1.165) is 17.3 Å². The highest BCUT2D eigenvalue weighted by atomic mass is 14.5. The largest absolute Gasteiger partial charge is 0.0654 e. The van der Waals surface area contributed by atoms with Crippen LogP contribution in [0.5, 0.6) is 0 Å². The molecule has 0 bridgehead atoms. The molecule has 0 radical (unpaired) electrons. The lowest BCUT2D eigenvalue weighted by molar-refractivity contribution is 0.0842. The Balaban J connectivity index is 1.82. The third-order valence-electron chi connectivity index (χ3n) is 5.98. The van der Waals surface area contributed by atoms with Gasteiger partial charge in [-0.2, -0.15) is 0 Å². The molecule has 0 amide bonds. The Hall–Kier alpha value is 0. The second-order valence-corrected chi connectivity index (χ2v) is 7.36. The molecule has 0 aromatic rings. The summed E-state index contributed by atoms with van der Waals surface area (Å²) in [6, 6.07) is 0. The van der Waals surface area contributed by atoms with E-state index >= 15 is 0 Å². The highest BCUT2D eigenvalue weighted by Crippen LogP contribution is 2.52. The van der Waals surface area contributed by atoms with Gasteiger partial charge in [-0.15, -0.1) is 0 Å². The Morgan fingerprint density at radius 2 is 1.67 bits per heavy atom. The molecular weight excluding hydrogens is 216 g/mol. The molecule has 2 atom stereocenters. The number of hydrogen-bond acceptors (Lipinski definition) is 0. The van der Waals surface area contributed by atoms with Gasteiger partial charge in [0.2, 0.25) is 0 Å². The average Bonchev–Trinajstić information content (AvgIpc) is 2.85. The molecule has 0 spiro atoms. The van der Waals surface area contributed by atoms with Gasteiger partial charge in [-0.1, -0.05) is 78.1 Å². The van der Waals surface area contributed by atoms with Gasteiger partial charge in [0.25, 0.3) is 0 Å². The molecule has 18 heavy (non-hydrogen) atoms. The van der Waals surface area contributed by atoms with Crippen molar-refractivity contribution in [3.63, 3.8) is 0 Å². The fourth-order valence-corrected chi connectivity index (χ4v) is 4.86. The van der Waals surface area contributed by atoms with Crippen LogP contribution < -0.4 is 0 Å². The molecule has 2 aliphatic rings. The molecule has 2 rings (SSSR count). The van der Waals surface area contributed by atoms with Gasteiger partial charge in [0, 0.05) is 0 Å². The van der Waals surface area contributed by atoms with Crippen molar-refractivity contribution in [1.29, 1.82) is 0 Å². The quantitative estimate of drug-likeness (QED) is 0.482. The minimum atomic E-state index is 0.726. The van der Waals surface area contributed by atoms with Gasteiger partial charge >= 0.3 is 0 Å². The summed E-state index contributed by atoms with van der Waals surface area (Å²) in [6.07, 6.45) is 19.6. The predicted octanol–water partition coefficient (Wildman–Crippen LogP) is 6.34. The topological polar surface area (TPSA) is 0 Å². The predicted molar refractivity (Wildman–Crippen MR) is 80.8 cm³/mol. The average molecular weight is 250 g/mol. The van der Waals surface area contributed by atoms with Crippen LogP contribution in [0.25, 0.3) is 0 Å². The fraction of sp³-hybridized carbons (Fsp3) is 1.00. The Labute approximate surface area is 115 Å². The van der Waals surface area contributed by atoms with Crippen molar-refractivity contribution in [2.45, 2.75) is 97.3 Å². The zero-order valence-electron chi connectivity index (χ0n) is 12.8. The Morgan fingerprint density at radius 3 is 2.39 bits per heavy atom. The molecule has 0 heterocycles. The van der Waals surface area contributed by atoms with Gasteiger partial charge in [-0.05, 0) is 36.5 Å². The summed E-state index contributed by atoms with van der Waals surface area (Å²) in [7, 11) is 0. The van der Waals surface area contributed by atoms with E-state index in [0.29, 0.717) is 0 Å². The van der Waals surface area contributed by atoms with Crippen LogP contribution in [0.3, 0.4) is 0 Å². The zero-order valence-corrected chi connectivity index (χ0v) is 12.8. The van der Waals surface area contributed by atoms with E-state index in [1.165, 1.54) is 64.2 Å². The number of unbranched alkanes of at least 4 members (excludes halogenated alkanes) is 3. The molecule has 106 valence electrons. The van der Waals surface area contributed by atoms with Crippen LogP contribution in [-0.2, 0) is 0 Å². The molecule has 2 saturated carbocycles. The van der Waals surface area contributed by atoms with Gasteiger partial charge in [0.1, 0.15) is 0 Å².